The number of alkyl halides is 2. The van der Waals surface area contributed by atoms with Gasteiger partial charge in [-0.2, -0.15) is 4.98 Å². The van der Waals surface area contributed by atoms with E-state index >= 15 is 0 Å². The molecule has 0 amide bonds. The molecule has 136 valence electrons. The fourth-order valence-electron chi connectivity index (χ4n) is 3.35. The Morgan fingerprint density at radius 3 is 2.58 bits per heavy atom. The lowest BCUT2D eigenvalue weighted by Crippen LogP contribution is -2.28. The SMILES string of the molecule is Cc1cc(Br)cc(C)c1-n1cc2c(=O)[nH]c(N3CCC(F)(F)C3)nc2n1. The van der Waals surface area contributed by atoms with E-state index in [9.17, 15) is 13.6 Å². The van der Waals surface area contributed by atoms with Gasteiger partial charge in [-0.25, -0.2) is 13.5 Å². The van der Waals surface area contributed by atoms with Gasteiger partial charge in [0.1, 0.15) is 5.39 Å². The number of H-pyrrole nitrogens is 1. The van der Waals surface area contributed by atoms with Gasteiger partial charge in [0.05, 0.1) is 12.2 Å². The first kappa shape index (κ1) is 17.1. The smallest absolute Gasteiger partial charge is 0.267 e. The molecule has 0 saturated carbocycles. The van der Waals surface area contributed by atoms with Crippen LogP contribution < -0.4 is 10.5 Å². The van der Waals surface area contributed by atoms with Gasteiger partial charge in [-0.05, 0) is 37.1 Å². The summed E-state index contributed by atoms with van der Waals surface area (Å²) in [4.78, 5) is 20.7. The van der Waals surface area contributed by atoms with Gasteiger partial charge in [0.2, 0.25) is 5.95 Å². The van der Waals surface area contributed by atoms with Crippen LogP contribution in [0.4, 0.5) is 14.7 Å². The molecule has 0 unspecified atom stereocenters. The molecule has 26 heavy (non-hydrogen) atoms. The Balaban J connectivity index is 1.82. The minimum absolute atomic E-state index is 0.133. The van der Waals surface area contributed by atoms with Gasteiger partial charge >= 0.3 is 0 Å². The lowest BCUT2D eigenvalue weighted by molar-refractivity contribution is 0.0256. The van der Waals surface area contributed by atoms with Crippen molar-refractivity contribution in [3.05, 3.63) is 44.3 Å². The number of hydrogen-bond donors (Lipinski definition) is 1. The maximum atomic E-state index is 13.5. The fourth-order valence-corrected chi connectivity index (χ4v) is 4.04. The van der Waals surface area contributed by atoms with Crippen LogP contribution in [0, 0.1) is 13.8 Å². The molecule has 1 N–H and O–H groups in total. The number of fused-ring (bicyclic) bond motifs is 1. The standard InChI is InChI=1S/C17H16BrF2N5O/c1-9-5-11(18)6-10(2)13(9)25-7-12-14(23-25)21-16(22-15(12)26)24-4-3-17(19,20)8-24/h5-7H,3-4,8H2,1-2H3,(H,21,22,23,26). The molecule has 1 saturated heterocycles. The summed E-state index contributed by atoms with van der Waals surface area (Å²) in [5.41, 5.74) is 2.68. The lowest BCUT2D eigenvalue weighted by Gasteiger charge is -2.15. The highest BCUT2D eigenvalue weighted by atomic mass is 79.9. The molecule has 3 aromatic rings. The molecular formula is C17H16BrF2N5O. The van der Waals surface area contributed by atoms with Crippen molar-refractivity contribution in [1.82, 2.24) is 19.7 Å². The zero-order valence-corrected chi connectivity index (χ0v) is 15.8. The van der Waals surface area contributed by atoms with Gasteiger partial charge in [0.25, 0.3) is 11.5 Å². The van der Waals surface area contributed by atoms with E-state index in [0.717, 1.165) is 21.3 Å². The highest BCUT2D eigenvalue weighted by Gasteiger charge is 2.39. The normalized spacial score (nSPS) is 16.6. The Hall–Kier alpha value is -2.29. The number of anilines is 1. The molecule has 4 rings (SSSR count). The Labute approximate surface area is 156 Å². The number of rotatable bonds is 2. The van der Waals surface area contributed by atoms with Gasteiger partial charge in [-0.1, -0.05) is 15.9 Å². The number of benzene rings is 1. The van der Waals surface area contributed by atoms with Crippen molar-refractivity contribution in [2.24, 2.45) is 0 Å². The molecule has 2 aromatic heterocycles. The number of nitrogens with zero attached hydrogens (tertiary/aromatic N) is 4. The van der Waals surface area contributed by atoms with Crippen LogP contribution in [-0.2, 0) is 0 Å². The van der Waals surface area contributed by atoms with E-state index in [1.54, 1.807) is 10.9 Å². The molecule has 1 aliphatic heterocycles. The Bertz CT molecular complexity index is 1050. The molecule has 3 heterocycles. The van der Waals surface area contributed by atoms with Crippen molar-refractivity contribution in [3.8, 4) is 5.69 Å². The van der Waals surface area contributed by atoms with Crippen molar-refractivity contribution in [2.45, 2.75) is 26.2 Å². The third-order valence-electron chi connectivity index (χ3n) is 4.53. The maximum absolute atomic E-state index is 13.5. The maximum Gasteiger partial charge on any atom is 0.267 e. The summed E-state index contributed by atoms with van der Waals surface area (Å²) in [7, 11) is 0. The van der Waals surface area contributed by atoms with E-state index in [1.165, 1.54) is 4.90 Å². The predicted octanol–water partition coefficient (Wildman–Crippen LogP) is 3.33. The van der Waals surface area contributed by atoms with Crippen LogP contribution in [0.5, 0.6) is 0 Å². The number of nitrogens with one attached hydrogen (secondary N) is 1. The molecular weight excluding hydrogens is 408 g/mol. The van der Waals surface area contributed by atoms with Crippen molar-refractivity contribution in [3.63, 3.8) is 0 Å². The molecule has 1 aliphatic rings. The number of aromatic nitrogens is 4. The Morgan fingerprint density at radius 2 is 1.96 bits per heavy atom. The van der Waals surface area contributed by atoms with Gasteiger partial charge < -0.3 is 4.90 Å². The zero-order chi connectivity index (χ0) is 18.6. The molecule has 0 aliphatic carbocycles. The van der Waals surface area contributed by atoms with Gasteiger partial charge in [0, 0.05) is 23.6 Å². The topological polar surface area (TPSA) is 66.8 Å². The van der Waals surface area contributed by atoms with Crippen molar-refractivity contribution < 1.29 is 8.78 Å². The number of aromatic amines is 1. The van der Waals surface area contributed by atoms with Crippen LogP contribution in [0.15, 0.2) is 27.6 Å². The first-order valence-electron chi connectivity index (χ1n) is 8.13. The third-order valence-corrected chi connectivity index (χ3v) is 4.99. The van der Waals surface area contributed by atoms with Crippen molar-refractivity contribution >= 4 is 32.9 Å². The first-order chi connectivity index (χ1) is 12.2. The molecule has 1 fully saturated rings. The summed E-state index contributed by atoms with van der Waals surface area (Å²) in [5, 5.41) is 4.74. The summed E-state index contributed by atoms with van der Waals surface area (Å²) in [6, 6.07) is 3.92. The first-order valence-corrected chi connectivity index (χ1v) is 8.92. The quantitative estimate of drug-likeness (QED) is 0.686. The van der Waals surface area contributed by atoms with Crippen molar-refractivity contribution in [1.29, 1.82) is 0 Å². The van der Waals surface area contributed by atoms with E-state index in [0.29, 0.717) is 5.39 Å². The average Bonchev–Trinajstić information content (AvgIpc) is 3.09. The summed E-state index contributed by atoms with van der Waals surface area (Å²) in [5.74, 6) is -2.63. The van der Waals surface area contributed by atoms with Gasteiger partial charge in [-0.3, -0.25) is 9.78 Å². The molecule has 6 nitrogen and oxygen atoms in total. The monoisotopic (exact) mass is 423 g/mol. The number of hydrogen-bond acceptors (Lipinski definition) is 4. The minimum atomic E-state index is -2.77. The highest BCUT2D eigenvalue weighted by Crippen LogP contribution is 2.29. The van der Waals surface area contributed by atoms with Crippen LogP contribution in [0.25, 0.3) is 16.7 Å². The number of halogens is 3. The van der Waals surface area contributed by atoms with E-state index in [2.05, 4.69) is 31.0 Å². The van der Waals surface area contributed by atoms with Crippen LogP contribution in [0.1, 0.15) is 17.5 Å². The van der Waals surface area contributed by atoms with Crippen LogP contribution in [0.3, 0.4) is 0 Å². The predicted molar refractivity (Wildman–Crippen MR) is 98.4 cm³/mol. The largest absolute Gasteiger partial charge is 0.336 e. The van der Waals surface area contributed by atoms with E-state index in [-0.39, 0.29) is 30.1 Å². The highest BCUT2D eigenvalue weighted by molar-refractivity contribution is 9.10. The molecule has 0 spiro atoms. The Kier molecular flexibility index (Phi) is 3.87. The zero-order valence-electron chi connectivity index (χ0n) is 14.2. The van der Waals surface area contributed by atoms with E-state index < -0.39 is 12.5 Å². The molecule has 1 aromatic carbocycles. The van der Waals surface area contributed by atoms with Crippen LogP contribution in [0.2, 0.25) is 0 Å². The molecule has 0 bridgehead atoms. The van der Waals surface area contributed by atoms with Gasteiger partial charge in [0.15, 0.2) is 5.65 Å². The molecule has 0 atom stereocenters. The summed E-state index contributed by atoms with van der Waals surface area (Å²) in [6.45, 7) is 3.60. The van der Waals surface area contributed by atoms with Crippen molar-refractivity contribution in [2.75, 3.05) is 18.0 Å². The lowest BCUT2D eigenvalue weighted by atomic mass is 10.1. The van der Waals surface area contributed by atoms with Gasteiger partial charge in [-0.15, -0.1) is 5.10 Å². The minimum Gasteiger partial charge on any atom is -0.336 e. The van der Waals surface area contributed by atoms with Crippen LogP contribution >= 0.6 is 15.9 Å². The molecule has 0 radical (unpaired) electrons. The number of aryl methyl sites for hydroxylation is 2. The summed E-state index contributed by atoms with van der Waals surface area (Å²) >= 11 is 3.46. The second-order valence-electron chi connectivity index (χ2n) is 6.62. The average molecular weight is 424 g/mol. The summed E-state index contributed by atoms with van der Waals surface area (Å²) < 4.78 is 29.5. The van der Waals surface area contributed by atoms with E-state index in [4.69, 9.17) is 0 Å². The third kappa shape index (κ3) is 2.90. The second kappa shape index (κ2) is 5.87. The fraction of sp³-hybridized carbons (Fsp3) is 0.353. The van der Waals surface area contributed by atoms with E-state index in [1.807, 2.05) is 26.0 Å². The Morgan fingerprint density at radius 1 is 1.27 bits per heavy atom. The second-order valence-corrected chi connectivity index (χ2v) is 7.53. The summed E-state index contributed by atoms with van der Waals surface area (Å²) in [6.07, 6.45) is 1.37. The van der Waals surface area contributed by atoms with Crippen LogP contribution in [-0.4, -0.2) is 38.8 Å². The molecule has 9 heteroatoms.